The summed E-state index contributed by atoms with van der Waals surface area (Å²) in [5.41, 5.74) is 0.902. The lowest BCUT2D eigenvalue weighted by Gasteiger charge is -2.17. The Morgan fingerprint density at radius 2 is 2.10 bits per heavy atom. The third kappa shape index (κ3) is 4.26. The van der Waals surface area contributed by atoms with Crippen LogP contribution >= 0.6 is 0 Å². The molecule has 116 valence electrons. The number of nitrogens with two attached hydrogens (primary N) is 1. The molecule has 0 radical (unpaired) electrons. The van der Waals surface area contributed by atoms with Gasteiger partial charge in [-0.1, -0.05) is 11.6 Å². The van der Waals surface area contributed by atoms with Crippen molar-refractivity contribution < 1.29 is 17.9 Å². The van der Waals surface area contributed by atoms with Crippen molar-refractivity contribution in [3.63, 3.8) is 0 Å². The molecule has 0 saturated carbocycles. The number of benzene rings is 1. The highest BCUT2D eigenvalue weighted by Gasteiger charge is 2.22. The predicted molar refractivity (Wildman–Crippen MR) is 78.5 cm³/mol. The highest BCUT2D eigenvalue weighted by molar-refractivity contribution is 7.89. The van der Waals surface area contributed by atoms with E-state index in [-0.39, 0.29) is 16.5 Å². The smallest absolute Gasteiger partial charge is 0.252 e. The van der Waals surface area contributed by atoms with E-state index in [1.54, 1.807) is 19.1 Å². The molecule has 7 heteroatoms. The number of ether oxygens (including phenoxy) is 1. The SMILES string of the molecule is Cc1ccc(S(N)(=O)=O)c(C(=O)NC2CCCOCC2)c1. The lowest BCUT2D eigenvalue weighted by atomic mass is 10.1. The molecule has 1 saturated heterocycles. The molecular formula is C14H20N2O4S. The van der Waals surface area contributed by atoms with Crippen molar-refractivity contribution in [3.8, 4) is 0 Å². The normalized spacial score (nSPS) is 19.8. The average Bonchev–Trinajstić information content (AvgIpc) is 2.65. The summed E-state index contributed by atoms with van der Waals surface area (Å²) in [4.78, 5) is 12.2. The number of hydrogen-bond donors (Lipinski definition) is 2. The number of amides is 1. The summed E-state index contributed by atoms with van der Waals surface area (Å²) in [6.07, 6.45) is 2.42. The van der Waals surface area contributed by atoms with Crippen LogP contribution in [0.4, 0.5) is 0 Å². The van der Waals surface area contributed by atoms with Crippen molar-refractivity contribution in [1.82, 2.24) is 5.32 Å². The van der Waals surface area contributed by atoms with Gasteiger partial charge in [0, 0.05) is 19.3 Å². The van der Waals surface area contributed by atoms with Crippen LogP contribution in [0.25, 0.3) is 0 Å². The second-order valence-electron chi connectivity index (χ2n) is 5.26. The van der Waals surface area contributed by atoms with Gasteiger partial charge < -0.3 is 10.1 Å². The molecule has 1 fully saturated rings. The van der Waals surface area contributed by atoms with Gasteiger partial charge >= 0.3 is 0 Å². The van der Waals surface area contributed by atoms with Gasteiger partial charge in [0.25, 0.3) is 5.91 Å². The second-order valence-corrected chi connectivity index (χ2v) is 6.79. The summed E-state index contributed by atoms with van der Waals surface area (Å²) in [6, 6.07) is 4.53. The highest BCUT2D eigenvalue weighted by atomic mass is 32.2. The molecule has 1 aromatic carbocycles. The zero-order valence-electron chi connectivity index (χ0n) is 12.0. The Morgan fingerprint density at radius 3 is 2.81 bits per heavy atom. The molecule has 1 amide bonds. The average molecular weight is 312 g/mol. The van der Waals surface area contributed by atoms with E-state index in [1.807, 2.05) is 0 Å². The maximum absolute atomic E-state index is 12.4. The Hall–Kier alpha value is -1.44. The van der Waals surface area contributed by atoms with E-state index in [1.165, 1.54) is 6.07 Å². The molecule has 1 aliphatic heterocycles. The minimum absolute atomic E-state index is 0.00570. The van der Waals surface area contributed by atoms with Crippen LogP contribution in [0, 0.1) is 6.92 Å². The lowest BCUT2D eigenvalue weighted by Crippen LogP contribution is -2.36. The molecule has 1 atom stereocenters. The van der Waals surface area contributed by atoms with Gasteiger partial charge in [-0.2, -0.15) is 0 Å². The molecule has 0 spiro atoms. The standard InChI is InChI=1S/C14H20N2O4S/c1-10-4-5-13(21(15,18)19)12(9-10)14(17)16-11-3-2-7-20-8-6-11/h4-5,9,11H,2-3,6-8H2,1H3,(H,16,17)(H2,15,18,19). The first-order chi connectivity index (χ1) is 9.88. The van der Waals surface area contributed by atoms with E-state index in [0.29, 0.717) is 13.2 Å². The molecule has 21 heavy (non-hydrogen) atoms. The maximum atomic E-state index is 12.4. The largest absolute Gasteiger partial charge is 0.381 e. The summed E-state index contributed by atoms with van der Waals surface area (Å²) in [7, 11) is -3.93. The Labute approximate surface area is 124 Å². The number of primary sulfonamides is 1. The fourth-order valence-electron chi connectivity index (χ4n) is 2.38. The summed E-state index contributed by atoms with van der Waals surface area (Å²) in [5, 5.41) is 8.05. The topological polar surface area (TPSA) is 98.5 Å². The molecule has 1 unspecified atom stereocenters. The molecule has 3 N–H and O–H groups in total. The first kappa shape index (κ1) is 15.9. The zero-order valence-corrected chi connectivity index (χ0v) is 12.8. The van der Waals surface area contributed by atoms with Crippen molar-refractivity contribution in [1.29, 1.82) is 0 Å². The van der Waals surface area contributed by atoms with Crippen molar-refractivity contribution in [2.45, 2.75) is 37.1 Å². The molecule has 2 rings (SSSR count). The van der Waals surface area contributed by atoms with Gasteiger partial charge in [0.2, 0.25) is 10.0 Å². The van der Waals surface area contributed by atoms with Gasteiger partial charge in [-0.25, -0.2) is 13.6 Å². The molecule has 0 aromatic heterocycles. The third-order valence-electron chi connectivity index (χ3n) is 3.47. The molecule has 0 bridgehead atoms. The highest BCUT2D eigenvalue weighted by Crippen LogP contribution is 2.17. The van der Waals surface area contributed by atoms with Gasteiger partial charge in [-0.05, 0) is 38.3 Å². The Morgan fingerprint density at radius 1 is 1.33 bits per heavy atom. The van der Waals surface area contributed by atoms with Crippen LogP contribution in [-0.4, -0.2) is 33.6 Å². The van der Waals surface area contributed by atoms with Gasteiger partial charge in [0.1, 0.15) is 0 Å². The Balaban J connectivity index is 2.24. The lowest BCUT2D eigenvalue weighted by molar-refractivity contribution is 0.0926. The first-order valence-electron chi connectivity index (χ1n) is 6.90. The molecule has 1 heterocycles. The second kappa shape index (κ2) is 6.55. The van der Waals surface area contributed by atoms with Crippen LogP contribution in [0.5, 0.6) is 0 Å². The molecule has 6 nitrogen and oxygen atoms in total. The van der Waals surface area contributed by atoms with Crippen LogP contribution in [0.3, 0.4) is 0 Å². The van der Waals surface area contributed by atoms with Crippen molar-refractivity contribution in [2.24, 2.45) is 5.14 Å². The number of hydrogen-bond acceptors (Lipinski definition) is 4. The van der Waals surface area contributed by atoms with Crippen molar-refractivity contribution in [3.05, 3.63) is 29.3 Å². The fourth-order valence-corrected chi connectivity index (χ4v) is 3.10. The van der Waals surface area contributed by atoms with Crippen LogP contribution in [0.15, 0.2) is 23.1 Å². The first-order valence-corrected chi connectivity index (χ1v) is 8.44. The maximum Gasteiger partial charge on any atom is 0.252 e. The Kier molecular flexibility index (Phi) is 4.97. The van der Waals surface area contributed by atoms with Gasteiger partial charge in [0.15, 0.2) is 0 Å². The number of aryl methyl sites for hydroxylation is 1. The number of carbonyl (C=O) groups is 1. The quantitative estimate of drug-likeness (QED) is 0.867. The molecular weight excluding hydrogens is 292 g/mol. The molecule has 0 aliphatic carbocycles. The number of carbonyl (C=O) groups excluding carboxylic acids is 1. The van der Waals surface area contributed by atoms with E-state index in [2.05, 4.69) is 5.32 Å². The van der Waals surface area contributed by atoms with E-state index < -0.39 is 15.9 Å². The summed E-state index contributed by atoms with van der Waals surface area (Å²) >= 11 is 0. The summed E-state index contributed by atoms with van der Waals surface area (Å²) in [5.74, 6) is -0.408. The van der Waals surface area contributed by atoms with E-state index in [9.17, 15) is 13.2 Å². The van der Waals surface area contributed by atoms with Gasteiger partial charge in [-0.3, -0.25) is 4.79 Å². The van der Waals surface area contributed by atoms with E-state index >= 15 is 0 Å². The van der Waals surface area contributed by atoms with Gasteiger partial charge in [-0.15, -0.1) is 0 Å². The summed E-state index contributed by atoms with van der Waals surface area (Å²) in [6.45, 7) is 3.09. The Bertz CT molecular complexity index is 620. The minimum atomic E-state index is -3.93. The summed E-state index contributed by atoms with van der Waals surface area (Å²) < 4.78 is 28.5. The molecule has 1 aliphatic rings. The predicted octanol–water partition coefficient (Wildman–Crippen LogP) is 0.941. The number of nitrogens with one attached hydrogen (secondary N) is 1. The minimum Gasteiger partial charge on any atom is -0.381 e. The monoisotopic (exact) mass is 312 g/mol. The third-order valence-corrected chi connectivity index (χ3v) is 4.44. The van der Waals surface area contributed by atoms with Crippen molar-refractivity contribution >= 4 is 15.9 Å². The van der Waals surface area contributed by atoms with Crippen LogP contribution in [-0.2, 0) is 14.8 Å². The number of rotatable bonds is 3. The van der Waals surface area contributed by atoms with Crippen LogP contribution in [0.1, 0.15) is 35.2 Å². The number of sulfonamides is 1. The van der Waals surface area contributed by atoms with Gasteiger partial charge in [0.05, 0.1) is 10.5 Å². The van der Waals surface area contributed by atoms with E-state index in [0.717, 1.165) is 24.8 Å². The van der Waals surface area contributed by atoms with Crippen molar-refractivity contribution in [2.75, 3.05) is 13.2 Å². The zero-order chi connectivity index (χ0) is 15.5. The van der Waals surface area contributed by atoms with Crippen LogP contribution < -0.4 is 10.5 Å². The van der Waals surface area contributed by atoms with E-state index in [4.69, 9.17) is 9.88 Å². The molecule has 1 aromatic rings. The van der Waals surface area contributed by atoms with Crippen LogP contribution in [0.2, 0.25) is 0 Å². The fraction of sp³-hybridized carbons (Fsp3) is 0.500.